The summed E-state index contributed by atoms with van der Waals surface area (Å²) >= 11 is 0. The zero-order chi connectivity index (χ0) is 15.0. The van der Waals surface area contributed by atoms with Gasteiger partial charge in [-0.25, -0.2) is 8.42 Å². The van der Waals surface area contributed by atoms with Gasteiger partial charge in [0.05, 0.1) is 11.5 Å². The summed E-state index contributed by atoms with van der Waals surface area (Å²) in [4.78, 5) is 4.57. The lowest BCUT2D eigenvalue weighted by Crippen LogP contribution is -2.37. The van der Waals surface area contributed by atoms with E-state index in [-0.39, 0.29) is 6.04 Å². The summed E-state index contributed by atoms with van der Waals surface area (Å²) < 4.78 is 23.6. The molecule has 0 N–H and O–H groups in total. The second-order valence-electron chi connectivity index (χ2n) is 6.48. The number of para-hydroxylation sites is 1. The first kappa shape index (κ1) is 14.9. The Labute approximate surface area is 127 Å². The van der Waals surface area contributed by atoms with Gasteiger partial charge in [0, 0.05) is 38.4 Å². The molecule has 1 atom stereocenters. The fourth-order valence-corrected chi connectivity index (χ4v) is 5.02. The molecule has 1 heterocycles. The van der Waals surface area contributed by atoms with Crippen molar-refractivity contribution in [1.82, 2.24) is 4.90 Å². The number of benzene rings is 1. The van der Waals surface area contributed by atoms with E-state index in [1.54, 1.807) is 0 Å². The smallest absolute Gasteiger partial charge is 0.151 e. The largest absolute Gasteiger partial charge is 0.377 e. The number of hydrogen-bond donors (Lipinski definition) is 0. The molecular weight excluding hydrogens is 284 g/mol. The monoisotopic (exact) mass is 308 g/mol. The van der Waals surface area contributed by atoms with Crippen molar-refractivity contribution in [3.8, 4) is 0 Å². The first-order valence-corrected chi connectivity index (χ1v) is 9.50. The van der Waals surface area contributed by atoms with Crippen LogP contribution >= 0.6 is 0 Å². The van der Waals surface area contributed by atoms with E-state index in [1.807, 2.05) is 0 Å². The molecule has 1 saturated carbocycles. The molecule has 1 aliphatic heterocycles. The topological polar surface area (TPSA) is 40.6 Å². The van der Waals surface area contributed by atoms with E-state index in [2.05, 4.69) is 48.2 Å². The quantitative estimate of drug-likeness (QED) is 0.833. The molecule has 1 aromatic rings. The Balaban J connectivity index is 1.81. The van der Waals surface area contributed by atoms with Crippen LogP contribution in [0.15, 0.2) is 24.3 Å². The third kappa shape index (κ3) is 3.40. The predicted octanol–water partition coefficient (Wildman–Crippen LogP) is 1.90. The number of rotatable bonds is 5. The van der Waals surface area contributed by atoms with E-state index in [4.69, 9.17) is 0 Å². The van der Waals surface area contributed by atoms with Crippen LogP contribution in [0, 0.1) is 0 Å². The van der Waals surface area contributed by atoms with Crippen LogP contribution in [0.25, 0.3) is 0 Å². The molecule has 116 valence electrons. The van der Waals surface area contributed by atoms with E-state index in [1.165, 1.54) is 24.1 Å². The summed E-state index contributed by atoms with van der Waals surface area (Å²) in [7, 11) is 1.29. The Morgan fingerprint density at radius 1 is 1.10 bits per heavy atom. The Kier molecular flexibility index (Phi) is 3.97. The maximum Gasteiger partial charge on any atom is 0.151 e. The molecule has 0 spiro atoms. The Hall–Kier alpha value is -1.07. The SMILES string of the molecule is CN(C)c1ccccc1CN(C1CC1)[C@H]1CCS(=O)(=O)C1. The minimum Gasteiger partial charge on any atom is -0.377 e. The third-order valence-electron chi connectivity index (χ3n) is 4.52. The summed E-state index contributed by atoms with van der Waals surface area (Å²) in [5, 5.41) is 0. The van der Waals surface area contributed by atoms with Crippen LogP contribution in [-0.4, -0.2) is 51.0 Å². The lowest BCUT2D eigenvalue weighted by Gasteiger charge is -2.30. The molecule has 1 aliphatic carbocycles. The van der Waals surface area contributed by atoms with Crippen molar-refractivity contribution in [3.05, 3.63) is 29.8 Å². The zero-order valence-corrected chi connectivity index (χ0v) is 13.6. The van der Waals surface area contributed by atoms with Gasteiger partial charge in [0.15, 0.2) is 9.84 Å². The maximum atomic E-state index is 11.8. The number of nitrogens with zero attached hydrogens (tertiary/aromatic N) is 2. The van der Waals surface area contributed by atoms with Crippen LogP contribution in [-0.2, 0) is 16.4 Å². The van der Waals surface area contributed by atoms with Crippen molar-refractivity contribution in [2.24, 2.45) is 0 Å². The zero-order valence-electron chi connectivity index (χ0n) is 12.8. The maximum absolute atomic E-state index is 11.8. The van der Waals surface area contributed by atoms with Crippen LogP contribution in [0.3, 0.4) is 0 Å². The van der Waals surface area contributed by atoms with Crippen LogP contribution in [0.4, 0.5) is 5.69 Å². The molecule has 1 saturated heterocycles. The molecule has 0 radical (unpaired) electrons. The fraction of sp³-hybridized carbons (Fsp3) is 0.625. The minimum atomic E-state index is -2.82. The summed E-state index contributed by atoms with van der Waals surface area (Å²) in [6, 6.07) is 9.20. The summed E-state index contributed by atoms with van der Waals surface area (Å²) in [5.41, 5.74) is 2.52. The standard InChI is InChI=1S/C16H24N2O2S/c1-17(2)16-6-4-3-5-13(16)11-18(14-7-8-14)15-9-10-21(19,20)12-15/h3-6,14-15H,7-12H2,1-2H3/t15-/m0/s1. The molecule has 21 heavy (non-hydrogen) atoms. The summed E-state index contributed by atoms with van der Waals surface area (Å²) in [5.74, 6) is 0.698. The lowest BCUT2D eigenvalue weighted by molar-refractivity contribution is 0.193. The first-order chi connectivity index (χ1) is 9.96. The minimum absolute atomic E-state index is 0.206. The van der Waals surface area contributed by atoms with Gasteiger partial charge in [-0.1, -0.05) is 18.2 Å². The molecule has 0 aromatic heterocycles. The van der Waals surface area contributed by atoms with Crippen molar-refractivity contribution in [2.45, 2.75) is 37.9 Å². The third-order valence-corrected chi connectivity index (χ3v) is 6.27. The van der Waals surface area contributed by atoms with E-state index in [9.17, 15) is 8.42 Å². The second-order valence-corrected chi connectivity index (χ2v) is 8.71. The number of anilines is 1. The molecule has 0 bridgehead atoms. The highest BCUT2D eigenvalue weighted by molar-refractivity contribution is 7.91. The van der Waals surface area contributed by atoms with E-state index in [0.29, 0.717) is 17.5 Å². The average Bonchev–Trinajstić information content (AvgIpc) is 3.20. The van der Waals surface area contributed by atoms with Gasteiger partial charge < -0.3 is 4.90 Å². The molecule has 0 amide bonds. The van der Waals surface area contributed by atoms with Crippen LogP contribution in [0.2, 0.25) is 0 Å². The molecule has 2 aliphatic rings. The van der Waals surface area contributed by atoms with Crippen molar-refractivity contribution in [2.75, 3.05) is 30.5 Å². The molecule has 4 nitrogen and oxygen atoms in total. The van der Waals surface area contributed by atoms with Crippen molar-refractivity contribution in [1.29, 1.82) is 0 Å². The fourth-order valence-electron chi connectivity index (χ4n) is 3.28. The van der Waals surface area contributed by atoms with Gasteiger partial charge in [0.2, 0.25) is 0 Å². The van der Waals surface area contributed by atoms with Gasteiger partial charge in [-0.15, -0.1) is 0 Å². The van der Waals surface area contributed by atoms with Gasteiger partial charge in [-0.2, -0.15) is 0 Å². The normalized spacial score (nSPS) is 24.4. The van der Waals surface area contributed by atoms with Gasteiger partial charge in [0.25, 0.3) is 0 Å². The van der Waals surface area contributed by atoms with Crippen molar-refractivity contribution >= 4 is 15.5 Å². The molecule has 0 unspecified atom stereocenters. The molecule has 2 fully saturated rings. The van der Waals surface area contributed by atoms with Crippen LogP contribution in [0.5, 0.6) is 0 Å². The van der Waals surface area contributed by atoms with E-state index in [0.717, 1.165) is 13.0 Å². The molecule has 5 heteroatoms. The van der Waals surface area contributed by atoms with Gasteiger partial charge >= 0.3 is 0 Å². The molecule has 1 aromatic carbocycles. The second kappa shape index (κ2) is 5.61. The average molecular weight is 308 g/mol. The Bertz CT molecular complexity index is 608. The summed E-state index contributed by atoms with van der Waals surface area (Å²) in [6.45, 7) is 0.860. The van der Waals surface area contributed by atoms with Gasteiger partial charge in [-0.05, 0) is 30.9 Å². The lowest BCUT2D eigenvalue weighted by atomic mass is 10.1. The van der Waals surface area contributed by atoms with Crippen molar-refractivity contribution in [3.63, 3.8) is 0 Å². The Morgan fingerprint density at radius 3 is 2.38 bits per heavy atom. The highest BCUT2D eigenvalue weighted by Crippen LogP contribution is 2.34. The molecule has 3 rings (SSSR count). The number of hydrogen-bond acceptors (Lipinski definition) is 4. The van der Waals surface area contributed by atoms with E-state index < -0.39 is 9.84 Å². The summed E-state index contributed by atoms with van der Waals surface area (Å²) in [6.07, 6.45) is 3.21. The van der Waals surface area contributed by atoms with Gasteiger partial charge in [-0.3, -0.25) is 4.90 Å². The van der Waals surface area contributed by atoms with Crippen LogP contribution in [0.1, 0.15) is 24.8 Å². The molecular formula is C16H24N2O2S. The first-order valence-electron chi connectivity index (χ1n) is 7.68. The predicted molar refractivity (Wildman–Crippen MR) is 86.4 cm³/mol. The van der Waals surface area contributed by atoms with E-state index >= 15 is 0 Å². The highest BCUT2D eigenvalue weighted by atomic mass is 32.2. The highest BCUT2D eigenvalue weighted by Gasteiger charge is 2.39. The van der Waals surface area contributed by atoms with Crippen molar-refractivity contribution < 1.29 is 8.42 Å². The van der Waals surface area contributed by atoms with Crippen LogP contribution < -0.4 is 4.90 Å². The number of sulfone groups is 1. The Morgan fingerprint density at radius 2 is 1.81 bits per heavy atom. The van der Waals surface area contributed by atoms with Gasteiger partial charge in [0.1, 0.15) is 0 Å².